The third-order valence-corrected chi connectivity index (χ3v) is 2.46. The van der Waals surface area contributed by atoms with Crippen molar-refractivity contribution in [3.05, 3.63) is 0 Å². The lowest BCUT2D eigenvalue weighted by Gasteiger charge is -2.29. The largest absolute Gasteiger partial charge is 0.380 e. The van der Waals surface area contributed by atoms with E-state index < -0.39 is 0 Å². The highest BCUT2D eigenvalue weighted by Crippen LogP contribution is 2.18. The van der Waals surface area contributed by atoms with Gasteiger partial charge >= 0.3 is 0 Å². The standard InChI is InChI=1S/C13H28N2O2/c1-11(16)15-8-13(4,5)10-17-9-12(2,3)7-14-6/h14H,7-10H2,1-6H3,(H,15,16). The van der Waals surface area contributed by atoms with Crippen LogP contribution in [0.4, 0.5) is 0 Å². The van der Waals surface area contributed by atoms with E-state index >= 15 is 0 Å². The van der Waals surface area contributed by atoms with Gasteiger partial charge in [0.1, 0.15) is 0 Å². The molecule has 0 aliphatic heterocycles. The number of ether oxygens (including phenoxy) is 1. The Morgan fingerprint density at radius 3 is 1.94 bits per heavy atom. The number of amides is 1. The van der Waals surface area contributed by atoms with E-state index in [2.05, 4.69) is 38.3 Å². The van der Waals surface area contributed by atoms with Crippen LogP contribution in [0.25, 0.3) is 0 Å². The molecule has 0 aliphatic rings. The van der Waals surface area contributed by atoms with Crippen molar-refractivity contribution in [1.29, 1.82) is 0 Å². The summed E-state index contributed by atoms with van der Waals surface area (Å²) >= 11 is 0. The predicted octanol–water partition coefficient (Wildman–Crippen LogP) is 1.41. The lowest BCUT2D eigenvalue weighted by atomic mass is 9.93. The average Bonchev–Trinajstić information content (AvgIpc) is 2.14. The molecule has 0 rings (SSSR count). The van der Waals surface area contributed by atoms with Gasteiger partial charge in [-0.05, 0) is 7.05 Å². The molecule has 2 N–H and O–H groups in total. The summed E-state index contributed by atoms with van der Waals surface area (Å²) < 4.78 is 5.76. The Bertz CT molecular complexity index is 238. The van der Waals surface area contributed by atoms with E-state index in [1.165, 1.54) is 6.92 Å². The summed E-state index contributed by atoms with van der Waals surface area (Å²) in [5.41, 5.74) is 0.111. The number of hydrogen-bond donors (Lipinski definition) is 2. The molecule has 0 radical (unpaired) electrons. The molecule has 0 fully saturated rings. The summed E-state index contributed by atoms with van der Waals surface area (Å²) in [7, 11) is 1.95. The molecule has 4 heteroatoms. The van der Waals surface area contributed by atoms with E-state index in [0.29, 0.717) is 13.2 Å². The molecule has 0 heterocycles. The smallest absolute Gasteiger partial charge is 0.216 e. The maximum Gasteiger partial charge on any atom is 0.216 e. The second kappa shape index (κ2) is 6.97. The van der Waals surface area contributed by atoms with Crippen molar-refractivity contribution in [1.82, 2.24) is 10.6 Å². The van der Waals surface area contributed by atoms with Crippen LogP contribution in [0.2, 0.25) is 0 Å². The molecule has 0 aliphatic carbocycles. The summed E-state index contributed by atoms with van der Waals surface area (Å²) in [6.45, 7) is 13.0. The maximum atomic E-state index is 10.8. The average molecular weight is 244 g/mol. The number of nitrogens with one attached hydrogen (secondary N) is 2. The van der Waals surface area contributed by atoms with Crippen LogP contribution in [-0.4, -0.2) is 39.3 Å². The molecule has 0 saturated carbocycles. The molecule has 0 aromatic heterocycles. The maximum absolute atomic E-state index is 10.8. The highest BCUT2D eigenvalue weighted by molar-refractivity contribution is 5.72. The minimum atomic E-state index is -0.0264. The second-order valence-corrected chi connectivity index (χ2v) is 6.26. The van der Waals surface area contributed by atoms with Crippen molar-refractivity contribution in [3.8, 4) is 0 Å². The topological polar surface area (TPSA) is 50.4 Å². The minimum absolute atomic E-state index is 0.00795. The van der Waals surface area contributed by atoms with Crippen LogP contribution in [0.3, 0.4) is 0 Å². The first-order valence-corrected chi connectivity index (χ1v) is 6.15. The first-order chi connectivity index (χ1) is 7.68. The van der Waals surface area contributed by atoms with Crippen molar-refractivity contribution in [2.75, 3.05) is 33.4 Å². The summed E-state index contributed by atoms with van der Waals surface area (Å²) in [5.74, 6) is 0.00795. The molecule has 0 spiro atoms. The Kier molecular flexibility index (Phi) is 6.72. The Hall–Kier alpha value is -0.610. The number of rotatable bonds is 8. The number of carbonyl (C=O) groups excluding carboxylic acids is 1. The van der Waals surface area contributed by atoms with Gasteiger partial charge in [-0.3, -0.25) is 4.79 Å². The zero-order chi connectivity index (χ0) is 13.5. The first-order valence-electron chi connectivity index (χ1n) is 6.15. The Balaban J connectivity index is 3.89. The van der Waals surface area contributed by atoms with Gasteiger partial charge in [0.25, 0.3) is 0 Å². The lowest BCUT2D eigenvalue weighted by molar-refractivity contribution is -0.119. The van der Waals surface area contributed by atoms with Crippen LogP contribution in [0, 0.1) is 10.8 Å². The lowest BCUT2D eigenvalue weighted by Crippen LogP contribution is -2.37. The van der Waals surface area contributed by atoms with E-state index in [0.717, 1.165) is 13.2 Å². The van der Waals surface area contributed by atoms with Crippen molar-refractivity contribution in [3.63, 3.8) is 0 Å². The van der Waals surface area contributed by atoms with Gasteiger partial charge in [0.05, 0.1) is 13.2 Å². The van der Waals surface area contributed by atoms with Gasteiger partial charge < -0.3 is 15.4 Å². The Morgan fingerprint density at radius 2 is 1.53 bits per heavy atom. The zero-order valence-corrected chi connectivity index (χ0v) is 12.1. The van der Waals surface area contributed by atoms with Crippen molar-refractivity contribution >= 4 is 5.91 Å². The molecule has 0 saturated heterocycles. The van der Waals surface area contributed by atoms with Crippen LogP contribution in [0.15, 0.2) is 0 Å². The van der Waals surface area contributed by atoms with E-state index in [9.17, 15) is 4.79 Å². The molecule has 17 heavy (non-hydrogen) atoms. The highest BCUT2D eigenvalue weighted by Gasteiger charge is 2.22. The fourth-order valence-corrected chi connectivity index (χ4v) is 1.55. The van der Waals surface area contributed by atoms with Gasteiger partial charge in [-0.1, -0.05) is 27.7 Å². The van der Waals surface area contributed by atoms with Crippen LogP contribution < -0.4 is 10.6 Å². The summed E-state index contributed by atoms with van der Waals surface area (Å²) in [4.78, 5) is 10.8. The molecule has 0 aromatic rings. The number of hydrogen-bond acceptors (Lipinski definition) is 3. The van der Waals surface area contributed by atoms with Crippen LogP contribution in [-0.2, 0) is 9.53 Å². The monoisotopic (exact) mass is 244 g/mol. The highest BCUT2D eigenvalue weighted by atomic mass is 16.5. The fourth-order valence-electron chi connectivity index (χ4n) is 1.55. The minimum Gasteiger partial charge on any atom is -0.380 e. The number of carbonyl (C=O) groups is 1. The molecular formula is C13H28N2O2. The van der Waals surface area contributed by atoms with Crippen LogP contribution >= 0.6 is 0 Å². The van der Waals surface area contributed by atoms with Gasteiger partial charge in [-0.25, -0.2) is 0 Å². The molecule has 0 bridgehead atoms. The van der Waals surface area contributed by atoms with Gasteiger partial charge in [-0.2, -0.15) is 0 Å². The molecule has 0 aromatic carbocycles. The SMILES string of the molecule is CNCC(C)(C)COCC(C)(C)CNC(C)=O. The van der Waals surface area contributed by atoms with E-state index in [1.54, 1.807) is 0 Å². The van der Waals surface area contributed by atoms with Crippen molar-refractivity contribution < 1.29 is 9.53 Å². The third-order valence-electron chi connectivity index (χ3n) is 2.46. The van der Waals surface area contributed by atoms with Crippen molar-refractivity contribution in [2.45, 2.75) is 34.6 Å². The van der Waals surface area contributed by atoms with Gasteiger partial charge in [0.15, 0.2) is 0 Å². The van der Waals surface area contributed by atoms with Crippen LogP contribution in [0.1, 0.15) is 34.6 Å². The third kappa shape index (κ3) is 9.12. The van der Waals surface area contributed by atoms with Gasteiger partial charge in [0, 0.05) is 30.8 Å². The molecule has 102 valence electrons. The van der Waals surface area contributed by atoms with Gasteiger partial charge in [-0.15, -0.1) is 0 Å². The predicted molar refractivity (Wildman–Crippen MR) is 71.0 cm³/mol. The molecule has 1 amide bonds. The molecular weight excluding hydrogens is 216 g/mol. The zero-order valence-electron chi connectivity index (χ0n) is 12.1. The Labute approximate surface area is 105 Å². The molecule has 0 atom stereocenters. The quantitative estimate of drug-likeness (QED) is 0.679. The first kappa shape index (κ1) is 16.4. The summed E-state index contributed by atoms with van der Waals surface area (Å²) in [6, 6.07) is 0. The fraction of sp³-hybridized carbons (Fsp3) is 0.923. The normalized spacial score (nSPS) is 12.6. The summed E-state index contributed by atoms with van der Waals surface area (Å²) in [5, 5.41) is 5.99. The molecule has 4 nitrogen and oxygen atoms in total. The van der Waals surface area contributed by atoms with E-state index in [4.69, 9.17) is 4.74 Å². The Morgan fingerprint density at radius 1 is 1.06 bits per heavy atom. The van der Waals surface area contributed by atoms with Crippen molar-refractivity contribution in [2.24, 2.45) is 10.8 Å². The summed E-state index contributed by atoms with van der Waals surface area (Å²) in [6.07, 6.45) is 0. The van der Waals surface area contributed by atoms with Crippen LogP contribution in [0.5, 0.6) is 0 Å². The van der Waals surface area contributed by atoms with E-state index in [1.807, 2.05) is 7.05 Å². The second-order valence-electron chi connectivity index (χ2n) is 6.26. The molecule has 0 unspecified atom stereocenters. The van der Waals surface area contributed by atoms with E-state index in [-0.39, 0.29) is 16.7 Å². The van der Waals surface area contributed by atoms with Gasteiger partial charge in [0.2, 0.25) is 5.91 Å².